The zero-order valence-electron chi connectivity index (χ0n) is 53.5. The van der Waals surface area contributed by atoms with E-state index in [9.17, 15) is 13.7 Å². The Labute approximate surface area is 335 Å². The van der Waals surface area contributed by atoms with E-state index >= 15 is 0 Å². The average Bonchev–Trinajstić information content (AvgIpc) is 3.79. The maximum atomic E-state index is 9.77. The van der Waals surface area contributed by atoms with Crippen molar-refractivity contribution in [3.63, 3.8) is 0 Å². The molecule has 0 amide bonds. The van der Waals surface area contributed by atoms with Crippen molar-refractivity contribution in [1.82, 2.24) is 0 Å². The second-order valence-electron chi connectivity index (χ2n) is 11.6. The topological polar surface area (TPSA) is 13.1 Å². The maximum absolute atomic E-state index is 9.77. The quantitative estimate of drug-likeness (QED) is 0.169. The Kier molecular flexibility index (Phi) is 2.96. The summed E-state index contributed by atoms with van der Waals surface area (Å²) in [6.07, 6.45) is 0. The second kappa shape index (κ2) is 11.6. The molecular formula is C50H34O. The van der Waals surface area contributed by atoms with Crippen molar-refractivity contribution in [2.45, 2.75) is 13.8 Å². The van der Waals surface area contributed by atoms with Gasteiger partial charge in [-0.2, -0.15) is 0 Å². The van der Waals surface area contributed by atoms with Gasteiger partial charge in [0, 0.05) is 27.5 Å². The maximum Gasteiger partial charge on any atom is 0.143 e. The van der Waals surface area contributed by atoms with Gasteiger partial charge in [-0.25, -0.2) is 0 Å². The lowest BCUT2D eigenvalue weighted by molar-refractivity contribution is 0.671. The van der Waals surface area contributed by atoms with Crippen molar-refractivity contribution in [3.8, 4) is 44.5 Å². The minimum atomic E-state index is -0.966. The Bertz CT molecular complexity index is 4400. The van der Waals surface area contributed by atoms with Crippen molar-refractivity contribution >= 4 is 54.3 Å². The molecule has 0 saturated heterocycles. The number of para-hydroxylation sites is 2. The van der Waals surface area contributed by atoms with Crippen molar-refractivity contribution in [2.75, 3.05) is 0 Å². The highest BCUT2D eigenvalue weighted by Gasteiger charge is 2.21. The molecule has 0 saturated carbocycles. The molecule has 0 aliphatic carbocycles. The van der Waals surface area contributed by atoms with Crippen LogP contribution in [0.4, 0.5) is 0 Å². The smallest absolute Gasteiger partial charge is 0.143 e. The molecule has 0 fully saturated rings. The summed E-state index contributed by atoms with van der Waals surface area (Å²) in [5.41, 5.74) is -5.59. The first-order valence-corrected chi connectivity index (χ1v) is 15.5. The first-order chi connectivity index (χ1) is 36.4. The molecule has 0 atom stereocenters. The van der Waals surface area contributed by atoms with E-state index in [0.29, 0.717) is 0 Å². The highest BCUT2D eigenvalue weighted by Crippen LogP contribution is 2.47. The molecule has 240 valence electrons. The molecule has 9 aromatic carbocycles. The van der Waals surface area contributed by atoms with E-state index in [2.05, 4.69) is 0 Å². The van der Waals surface area contributed by atoms with Crippen LogP contribution in [-0.4, -0.2) is 0 Å². The van der Waals surface area contributed by atoms with Crippen LogP contribution < -0.4 is 0 Å². The molecule has 0 bridgehead atoms. The molecule has 1 heterocycles. The van der Waals surface area contributed by atoms with Gasteiger partial charge in [0.15, 0.2) is 0 Å². The standard InChI is InChI=1S/C50H34O/c1-31-13-3-6-16-38(31)43-21-11-22-44-45-23-12-24-46(50(45)51-49(43)44)48-41-19-9-7-17-39(41)47(40-18-8-10-20-42(40)48)36-27-28-37(32(2)29-36)35-26-25-33-14-4-5-15-34(33)30-35/h3-30H,1-2H3/i3D,4D,5D,6D,7D,8D,9D,10D,11D,12D,13D,14D,15D,16D,17D,18D,19D,20D,21D,22D,24D,25D,26D,27D,28D,29D,30D. The number of fused-ring (bicyclic) bond motifs is 6. The van der Waals surface area contributed by atoms with Crippen LogP contribution in [0.5, 0.6) is 0 Å². The highest BCUT2D eigenvalue weighted by atomic mass is 16.3. The molecule has 1 aromatic heterocycles. The Morgan fingerprint density at radius 2 is 0.961 bits per heavy atom. The van der Waals surface area contributed by atoms with Gasteiger partial charge in [0.05, 0.1) is 37.0 Å². The zero-order chi connectivity index (χ0) is 57.5. The SMILES string of the molecule is [2H]c1cc2c(oc3c(-c4c([2H])c([2H])c([2H])c([2H])c4C)c([2H])c([2H])c([2H])c32)c(-c2c3c([2H])c([2H])c([2H])c([2H])c3c(-c3c([2H])c([2H])c(-c4c([2H])c([2H])c5c([2H])c([2H])c([2H])c([2H])c5c4[2H])c(C)c3[2H])c3c([2H])c([2H])c([2H])c([2H])c23)c1[2H]. The van der Waals surface area contributed by atoms with E-state index in [-0.39, 0.29) is 27.5 Å². The van der Waals surface area contributed by atoms with Crippen molar-refractivity contribution < 1.29 is 41.4 Å². The normalized spacial score (nSPS) is 19.1. The van der Waals surface area contributed by atoms with Crippen molar-refractivity contribution in [3.05, 3.63) is 180 Å². The predicted molar refractivity (Wildman–Crippen MR) is 217 cm³/mol. The van der Waals surface area contributed by atoms with Crippen LogP contribution in [0, 0.1) is 13.8 Å². The third kappa shape index (κ3) is 4.62. The van der Waals surface area contributed by atoms with Gasteiger partial charge in [-0.3, -0.25) is 0 Å². The van der Waals surface area contributed by atoms with E-state index in [0.717, 1.165) is 6.07 Å². The first kappa shape index (κ1) is 13.0. The molecule has 0 radical (unpaired) electrons. The fourth-order valence-corrected chi connectivity index (χ4v) is 6.40. The Morgan fingerprint density at radius 3 is 1.75 bits per heavy atom. The molecule has 0 aliphatic rings. The average molecular weight is 678 g/mol. The highest BCUT2D eigenvalue weighted by molar-refractivity contribution is 6.24. The van der Waals surface area contributed by atoms with Gasteiger partial charge in [-0.1, -0.05) is 163 Å². The summed E-state index contributed by atoms with van der Waals surface area (Å²) in [6.45, 7) is 2.56. The van der Waals surface area contributed by atoms with Crippen LogP contribution in [0.1, 0.15) is 48.1 Å². The van der Waals surface area contributed by atoms with E-state index in [1.165, 1.54) is 13.8 Å². The van der Waals surface area contributed by atoms with Gasteiger partial charge in [0.2, 0.25) is 0 Å². The second-order valence-corrected chi connectivity index (χ2v) is 11.6. The van der Waals surface area contributed by atoms with Gasteiger partial charge in [0.25, 0.3) is 0 Å². The van der Waals surface area contributed by atoms with Gasteiger partial charge in [-0.15, -0.1) is 0 Å². The van der Waals surface area contributed by atoms with Crippen LogP contribution in [0.15, 0.2) is 174 Å². The summed E-state index contributed by atoms with van der Waals surface area (Å²) >= 11 is 0. The molecule has 10 aromatic rings. The molecule has 0 unspecified atom stereocenters. The lowest BCUT2D eigenvalue weighted by Gasteiger charge is -2.18. The number of rotatable bonds is 4. The summed E-state index contributed by atoms with van der Waals surface area (Å²) < 4.78 is 250. The molecule has 0 spiro atoms. The summed E-state index contributed by atoms with van der Waals surface area (Å²) in [4.78, 5) is 0. The minimum Gasteiger partial charge on any atom is -0.455 e. The van der Waals surface area contributed by atoms with Crippen LogP contribution in [-0.2, 0) is 0 Å². The Hall–Kier alpha value is -6.44. The number of benzene rings is 9. The minimum absolute atomic E-state index is 0.0910. The fourth-order valence-electron chi connectivity index (χ4n) is 6.40. The van der Waals surface area contributed by atoms with Crippen molar-refractivity contribution in [1.29, 1.82) is 0 Å². The van der Waals surface area contributed by atoms with Gasteiger partial charge in [0.1, 0.15) is 11.2 Å². The van der Waals surface area contributed by atoms with Gasteiger partial charge < -0.3 is 4.42 Å². The molecule has 0 N–H and O–H groups in total. The molecule has 51 heavy (non-hydrogen) atoms. The van der Waals surface area contributed by atoms with E-state index in [4.69, 9.17) is 27.7 Å². The van der Waals surface area contributed by atoms with Crippen molar-refractivity contribution in [2.24, 2.45) is 0 Å². The monoisotopic (exact) mass is 677 g/mol. The Morgan fingerprint density at radius 1 is 0.373 bits per heavy atom. The lowest BCUT2D eigenvalue weighted by atomic mass is 9.84. The van der Waals surface area contributed by atoms with E-state index in [1.54, 1.807) is 0 Å². The number of furan rings is 1. The summed E-state index contributed by atoms with van der Waals surface area (Å²) in [7, 11) is 0. The molecular weight excluding hydrogens is 617 g/mol. The van der Waals surface area contributed by atoms with E-state index in [1.807, 2.05) is 0 Å². The molecule has 1 nitrogen and oxygen atoms in total. The van der Waals surface area contributed by atoms with Crippen LogP contribution in [0.25, 0.3) is 98.8 Å². The van der Waals surface area contributed by atoms with Crippen LogP contribution in [0.2, 0.25) is 0 Å². The molecule has 0 aliphatic heterocycles. The zero-order valence-corrected chi connectivity index (χ0v) is 26.5. The first-order valence-electron chi connectivity index (χ1n) is 29.0. The number of hydrogen-bond donors (Lipinski definition) is 0. The molecule has 10 rings (SSSR count). The van der Waals surface area contributed by atoms with E-state index < -0.39 is 246 Å². The van der Waals surface area contributed by atoms with Crippen LogP contribution in [0.3, 0.4) is 0 Å². The molecule has 1 heteroatoms. The lowest BCUT2D eigenvalue weighted by Crippen LogP contribution is -1.92. The van der Waals surface area contributed by atoms with Gasteiger partial charge >= 0.3 is 0 Å². The fraction of sp³-hybridized carbons (Fsp3) is 0.0400. The van der Waals surface area contributed by atoms with Gasteiger partial charge in [-0.05, 0) is 91.2 Å². The largest absolute Gasteiger partial charge is 0.455 e. The summed E-state index contributed by atoms with van der Waals surface area (Å²) in [6, 6.07) is -20.4. The third-order valence-corrected chi connectivity index (χ3v) is 8.69. The number of hydrogen-bond acceptors (Lipinski definition) is 1. The predicted octanol–water partition coefficient (Wildman–Crippen LogP) is 14.3. The third-order valence-electron chi connectivity index (χ3n) is 8.69. The summed E-state index contributed by atoms with van der Waals surface area (Å²) in [5.74, 6) is 0. The van der Waals surface area contributed by atoms with Crippen LogP contribution >= 0.6 is 0 Å². The Balaban J connectivity index is 1.44. The summed E-state index contributed by atoms with van der Waals surface area (Å²) in [5, 5.41) is -4.06.